The van der Waals surface area contributed by atoms with Crippen LogP contribution in [0.3, 0.4) is 0 Å². The number of hydrogen-bond donors (Lipinski definition) is 1. The molecule has 1 N–H and O–H groups in total. The summed E-state index contributed by atoms with van der Waals surface area (Å²) in [5.74, 6) is -0.498. The minimum absolute atomic E-state index is 0.188. The van der Waals surface area contributed by atoms with Gasteiger partial charge in [-0.2, -0.15) is 0 Å². The summed E-state index contributed by atoms with van der Waals surface area (Å²) >= 11 is 0.764. The van der Waals surface area contributed by atoms with Crippen molar-refractivity contribution in [1.82, 2.24) is 5.32 Å². The first-order chi connectivity index (χ1) is 9.15. The maximum Gasteiger partial charge on any atom is 0.290 e. The van der Waals surface area contributed by atoms with Gasteiger partial charge in [0.2, 0.25) is 0 Å². The molecule has 0 saturated carbocycles. The topological polar surface area (TPSA) is 76.4 Å². The number of carbonyl (C=O) groups excluding carboxylic acids is 2. The Morgan fingerprint density at radius 2 is 1.95 bits per heavy atom. The van der Waals surface area contributed by atoms with Crippen LogP contribution in [-0.4, -0.2) is 11.1 Å². The number of nitrogens with one attached hydrogen (secondary N) is 1. The van der Waals surface area contributed by atoms with Gasteiger partial charge in [-0.3, -0.25) is 19.7 Å². The van der Waals surface area contributed by atoms with Crippen LogP contribution >= 0.6 is 11.8 Å². The summed E-state index contributed by atoms with van der Waals surface area (Å²) in [5.41, 5.74) is 0.488. The second-order valence-electron chi connectivity index (χ2n) is 3.87. The molecule has 0 spiro atoms. The van der Waals surface area contributed by atoms with E-state index in [0.29, 0.717) is 11.0 Å². The third-order valence-electron chi connectivity index (χ3n) is 2.64. The summed E-state index contributed by atoms with van der Waals surface area (Å²) in [5, 5.41) is 2.12. The standard InChI is InChI=1S/C13H7NO4S/c15-11-7(5-10-12(16)14-13(17)19-10)6-18-9-4-2-1-3-8(9)11/h1-6H,(H,14,16,17)/b10-5+. The van der Waals surface area contributed by atoms with Crippen LogP contribution in [0.15, 0.2) is 44.6 Å². The molecule has 0 atom stereocenters. The van der Waals surface area contributed by atoms with Crippen LogP contribution in [0.4, 0.5) is 4.79 Å². The van der Waals surface area contributed by atoms with Crippen molar-refractivity contribution in [3.05, 3.63) is 51.2 Å². The zero-order valence-corrected chi connectivity index (χ0v) is 10.3. The monoisotopic (exact) mass is 273 g/mol. The number of benzene rings is 1. The van der Waals surface area contributed by atoms with Crippen molar-refractivity contribution in [2.75, 3.05) is 0 Å². The number of rotatable bonds is 1. The van der Waals surface area contributed by atoms with Crippen molar-refractivity contribution in [2.24, 2.45) is 0 Å². The van der Waals surface area contributed by atoms with E-state index < -0.39 is 11.1 Å². The molecule has 1 saturated heterocycles. The number of para-hydroxylation sites is 1. The van der Waals surface area contributed by atoms with Crippen molar-refractivity contribution >= 4 is 40.0 Å². The highest BCUT2D eigenvalue weighted by atomic mass is 32.2. The molecule has 2 amide bonds. The zero-order chi connectivity index (χ0) is 13.4. The third kappa shape index (κ3) is 2.06. The van der Waals surface area contributed by atoms with Crippen LogP contribution < -0.4 is 10.7 Å². The average Bonchev–Trinajstić information content (AvgIpc) is 2.72. The predicted molar refractivity (Wildman–Crippen MR) is 71.6 cm³/mol. The quantitative estimate of drug-likeness (QED) is 0.805. The van der Waals surface area contributed by atoms with Gasteiger partial charge in [0.25, 0.3) is 11.1 Å². The molecular formula is C13H7NO4S. The lowest BCUT2D eigenvalue weighted by Gasteiger charge is -1.98. The molecule has 2 aromatic rings. The van der Waals surface area contributed by atoms with E-state index in [2.05, 4.69) is 5.32 Å². The molecule has 0 radical (unpaired) electrons. The zero-order valence-electron chi connectivity index (χ0n) is 9.51. The minimum atomic E-state index is -0.498. The van der Waals surface area contributed by atoms with Crippen molar-refractivity contribution in [1.29, 1.82) is 0 Å². The van der Waals surface area contributed by atoms with E-state index in [1.165, 1.54) is 12.3 Å². The van der Waals surface area contributed by atoms with Crippen molar-refractivity contribution < 1.29 is 14.0 Å². The number of hydrogen-bond acceptors (Lipinski definition) is 5. The summed E-state index contributed by atoms with van der Waals surface area (Å²) in [6.07, 6.45) is 2.65. The minimum Gasteiger partial charge on any atom is -0.463 e. The van der Waals surface area contributed by atoms with Gasteiger partial charge in [-0.1, -0.05) is 12.1 Å². The van der Waals surface area contributed by atoms with E-state index in [1.54, 1.807) is 24.3 Å². The lowest BCUT2D eigenvalue weighted by atomic mass is 10.1. The first-order valence-electron chi connectivity index (χ1n) is 5.40. The molecule has 1 aromatic heterocycles. The average molecular weight is 273 g/mol. The maximum absolute atomic E-state index is 12.2. The Morgan fingerprint density at radius 1 is 1.16 bits per heavy atom. The number of imide groups is 1. The van der Waals surface area contributed by atoms with E-state index in [0.717, 1.165) is 11.8 Å². The number of amides is 2. The Balaban J connectivity index is 2.14. The van der Waals surface area contributed by atoms with E-state index >= 15 is 0 Å². The lowest BCUT2D eigenvalue weighted by molar-refractivity contribution is -0.115. The molecule has 2 heterocycles. The van der Waals surface area contributed by atoms with Crippen molar-refractivity contribution in [3.8, 4) is 0 Å². The Morgan fingerprint density at radius 3 is 2.68 bits per heavy atom. The van der Waals surface area contributed by atoms with E-state index in [9.17, 15) is 14.4 Å². The fraction of sp³-hybridized carbons (Fsp3) is 0. The van der Waals surface area contributed by atoms with Gasteiger partial charge in [0, 0.05) is 0 Å². The molecule has 1 aliphatic rings. The molecule has 1 fully saturated rings. The smallest absolute Gasteiger partial charge is 0.290 e. The SMILES string of the molecule is O=C1NC(=O)/C(=C\c2coc3ccccc3c2=O)S1. The Kier molecular flexibility index (Phi) is 2.72. The molecule has 0 aliphatic carbocycles. The van der Waals surface area contributed by atoms with Crippen LogP contribution in [0.1, 0.15) is 5.56 Å². The third-order valence-corrected chi connectivity index (χ3v) is 3.45. The van der Waals surface area contributed by atoms with Gasteiger partial charge in [0.1, 0.15) is 11.8 Å². The number of fused-ring (bicyclic) bond motifs is 1. The maximum atomic E-state index is 12.2. The molecule has 19 heavy (non-hydrogen) atoms. The molecule has 1 aromatic carbocycles. The van der Waals surface area contributed by atoms with Gasteiger partial charge < -0.3 is 4.42 Å². The molecule has 3 rings (SSSR count). The molecule has 0 unspecified atom stereocenters. The van der Waals surface area contributed by atoms with Crippen LogP contribution in [0.5, 0.6) is 0 Å². The van der Waals surface area contributed by atoms with Crippen LogP contribution in [0.25, 0.3) is 17.0 Å². The highest BCUT2D eigenvalue weighted by Gasteiger charge is 2.25. The first-order valence-corrected chi connectivity index (χ1v) is 6.22. The molecule has 6 heteroatoms. The Labute approximate surface area is 111 Å². The second kappa shape index (κ2) is 4.40. The second-order valence-corrected chi connectivity index (χ2v) is 4.88. The van der Waals surface area contributed by atoms with Crippen molar-refractivity contribution in [2.45, 2.75) is 0 Å². The highest BCUT2D eigenvalue weighted by molar-refractivity contribution is 8.18. The molecule has 94 valence electrons. The van der Waals surface area contributed by atoms with Crippen molar-refractivity contribution in [3.63, 3.8) is 0 Å². The number of carbonyl (C=O) groups is 2. The predicted octanol–water partition coefficient (Wildman–Crippen LogP) is 2.12. The summed E-state index contributed by atoms with van der Waals surface area (Å²) < 4.78 is 5.33. The highest BCUT2D eigenvalue weighted by Crippen LogP contribution is 2.25. The Hall–Kier alpha value is -2.34. The fourth-order valence-electron chi connectivity index (χ4n) is 1.75. The molecule has 0 bridgehead atoms. The van der Waals surface area contributed by atoms with Gasteiger partial charge in [-0.25, -0.2) is 0 Å². The van der Waals surface area contributed by atoms with Gasteiger partial charge in [-0.05, 0) is 30.0 Å². The number of thioether (sulfide) groups is 1. The van der Waals surface area contributed by atoms with E-state index in [-0.39, 0.29) is 15.9 Å². The fourth-order valence-corrected chi connectivity index (χ4v) is 2.43. The normalized spacial score (nSPS) is 17.2. The Bertz CT molecular complexity index is 791. The summed E-state index contributed by atoms with van der Waals surface area (Å²) in [6, 6.07) is 6.84. The van der Waals surface area contributed by atoms with Gasteiger partial charge >= 0.3 is 0 Å². The molecular weight excluding hydrogens is 266 g/mol. The first kappa shape index (κ1) is 11.7. The summed E-state index contributed by atoms with van der Waals surface area (Å²) in [6.45, 7) is 0. The van der Waals surface area contributed by atoms with Gasteiger partial charge in [0.05, 0.1) is 15.9 Å². The molecule has 1 aliphatic heterocycles. The van der Waals surface area contributed by atoms with Crippen LogP contribution in [0.2, 0.25) is 0 Å². The van der Waals surface area contributed by atoms with Crippen LogP contribution in [0, 0.1) is 0 Å². The molecule has 5 nitrogen and oxygen atoms in total. The lowest BCUT2D eigenvalue weighted by Crippen LogP contribution is -2.18. The van der Waals surface area contributed by atoms with Gasteiger partial charge in [-0.15, -0.1) is 0 Å². The van der Waals surface area contributed by atoms with Crippen LogP contribution in [-0.2, 0) is 4.79 Å². The summed E-state index contributed by atoms with van der Waals surface area (Å²) in [7, 11) is 0. The van der Waals surface area contributed by atoms with E-state index in [4.69, 9.17) is 4.42 Å². The summed E-state index contributed by atoms with van der Waals surface area (Å²) in [4.78, 5) is 34.8. The van der Waals surface area contributed by atoms with E-state index in [1.807, 2.05) is 0 Å². The van der Waals surface area contributed by atoms with Gasteiger partial charge in [0.15, 0.2) is 5.43 Å². The largest absolute Gasteiger partial charge is 0.463 e.